The van der Waals surface area contributed by atoms with E-state index in [2.05, 4.69) is 16.3 Å². The molecule has 0 spiro atoms. The quantitative estimate of drug-likeness (QED) is 0.461. The molecule has 40 heavy (non-hydrogen) atoms. The first-order chi connectivity index (χ1) is 18.9. The molecule has 10 nitrogen and oxygen atoms in total. The molecule has 1 atom stereocenters. The van der Waals surface area contributed by atoms with Crippen molar-refractivity contribution >= 4 is 23.5 Å². The first-order valence-corrected chi connectivity index (χ1v) is 12.1. The Bertz CT molecular complexity index is 1620. The Morgan fingerprint density at radius 3 is 2.58 bits per heavy atom. The van der Waals surface area contributed by atoms with Gasteiger partial charge in [0.05, 0.1) is 29.9 Å². The van der Waals surface area contributed by atoms with E-state index in [0.29, 0.717) is 16.7 Å². The number of hydrogen-bond acceptors (Lipinski definition) is 7. The number of carbonyl (C=O) groups is 2. The molecule has 3 aromatic rings. The molecule has 0 bridgehead atoms. The predicted octanol–water partition coefficient (Wildman–Crippen LogP) is 3.67. The van der Waals surface area contributed by atoms with E-state index in [1.54, 1.807) is 19.2 Å². The zero-order valence-electron chi connectivity index (χ0n) is 22.0. The van der Waals surface area contributed by atoms with Crippen molar-refractivity contribution in [3.05, 3.63) is 86.5 Å². The number of amides is 1. The van der Waals surface area contributed by atoms with Crippen LogP contribution < -0.4 is 10.6 Å². The molecule has 4 rings (SSSR count). The van der Waals surface area contributed by atoms with E-state index in [1.165, 1.54) is 46.4 Å². The Morgan fingerprint density at radius 1 is 1.23 bits per heavy atom. The van der Waals surface area contributed by atoms with Crippen LogP contribution in [0.1, 0.15) is 42.1 Å². The Balaban J connectivity index is 1.98. The molecular weight excluding hydrogens is 529 g/mol. The molecule has 13 heteroatoms. The summed E-state index contributed by atoms with van der Waals surface area (Å²) >= 11 is 0. The number of ether oxygens (including phenoxy) is 1. The van der Waals surface area contributed by atoms with Crippen molar-refractivity contribution < 1.29 is 27.5 Å². The van der Waals surface area contributed by atoms with Crippen molar-refractivity contribution in [3.63, 3.8) is 0 Å². The number of aromatic amines is 1. The summed E-state index contributed by atoms with van der Waals surface area (Å²) in [6.07, 6.45) is -4.35. The van der Waals surface area contributed by atoms with Crippen LogP contribution in [0.3, 0.4) is 0 Å². The summed E-state index contributed by atoms with van der Waals surface area (Å²) in [5.74, 6) is -1.03. The number of alkyl halides is 3. The minimum absolute atomic E-state index is 0.0122. The highest BCUT2D eigenvalue weighted by Crippen LogP contribution is 2.43. The number of rotatable bonds is 6. The number of fused-ring (bicyclic) bond motifs is 1. The topological polar surface area (TPSA) is 124 Å². The molecule has 0 saturated heterocycles. The molecule has 0 fully saturated rings. The average molecular weight is 555 g/mol. The second kappa shape index (κ2) is 10.7. The number of H-pyrrole nitrogens is 1. The van der Waals surface area contributed by atoms with Gasteiger partial charge in [0.2, 0.25) is 11.9 Å². The Hall–Kier alpha value is -4.86. The number of carbonyl (C=O) groups excluding carboxylic acids is 2. The number of nitriles is 1. The van der Waals surface area contributed by atoms with Gasteiger partial charge in [-0.05, 0) is 54.8 Å². The number of anilines is 2. The van der Waals surface area contributed by atoms with Gasteiger partial charge < -0.3 is 9.64 Å². The molecule has 1 aromatic heterocycles. The zero-order valence-corrected chi connectivity index (χ0v) is 22.0. The third-order valence-electron chi connectivity index (χ3n) is 6.80. The number of hydrogen-bond donors (Lipinski definition) is 1. The van der Waals surface area contributed by atoms with Gasteiger partial charge in [0, 0.05) is 31.9 Å². The molecule has 208 valence electrons. The average Bonchev–Trinajstić information content (AvgIpc) is 3.30. The highest BCUT2D eigenvalue weighted by molar-refractivity contribution is 5.93. The molecule has 1 aliphatic rings. The van der Waals surface area contributed by atoms with Crippen LogP contribution in [0.2, 0.25) is 0 Å². The van der Waals surface area contributed by atoms with Crippen LogP contribution in [-0.2, 0) is 26.9 Å². The summed E-state index contributed by atoms with van der Waals surface area (Å²) in [6.45, 7) is 3.22. The molecular formula is C27H25F3N6O4. The summed E-state index contributed by atoms with van der Waals surface area (Å²) in [5.41, 5.74) is -0.0704. The molecule has 1 aliphatic heterocycles. The van der Waals surface area contributed by atoms with Crippen molar-refractivity contribution in [1.29, 1.82) is 5.26 Å². The van der Waals surface area contributed by atoms with Gasteiger partial charge in [-0.25, -0.2) is 19.3 Å². The summed E-state index contributed by atoms with van der Waals surface area (Å²) < 4.78 is 46.8. The first kappa shape index (κ1) is 28.2. The first-order valence-electron chi connectivity index (χ1n) is 12.1. The Kier molecular flexibility index (Phi) is 7.55. The maximum Gasteiger partial charge on any atom is 0.416 e. The minimum Gasteiger partial charge on any atom is -0.466 e. The molecule has 0 unspecified atom stereocenters. The van der Waals surface area contributed by atoms with Gasteiger partial charge in [0.1, 0.15) is 6.04 Å². The van der Waals surface area contributed by atoms with Crippen LogP contribution >= 0.6 is 0 Å². The molecule has 1 amide bonds. The highest BCUT2D eigenvalue weighted by Gasteiger charge is 2.41. The third-order valence-corrected chi connectivity index (χ3v) is 6.80. The van der Waals surface area contributed by atoms with Crippen molar-refractivity contribution in [2.24, 2.45) is 0 Å². The number of methoxy groups -OCH3 is 1. The standard InChI is InChI=1S/C27H25F3N6O4/c1-15-22(24(38)40-4)23(21-9-8-17(14-31)12-18(21)10-11-34(3)16(2)37)36-25(32-33-26(36)39)35(15)20-7-5-6-19(13-20)27(28,29)30/h5-9,12-13,23H,10-11H2,1-4H3,(H,33,39)/t23-/m1/s1. The predicted molar refractivity (Wildman–Crippen MR) is 137 cm³/mol. The second-order valence-electron chi connectivity index (χ2n) is 9.19. The molecule has 2 heterocycles. The summed E-state index contributed by atoms with van der Waals surface area (Å²) in [6, 6.07) is 10.1. The van der Waals surface area contributed by atoms with Crippen LogP contribution in [0, 0.1) is 11.3 Å². The largest absolute Gasteiger partial charge is 0.466 e. The van der Waals surface area contributed by atoms with Crippen molar-refractivity contribution in [2.75, 3.05) is 25.6 Å². The van der Waals surface area contributed by atoms with E-state index in [4.69, 9.17) is 4.74 Å². The number of allylic oxidation sites excluding steroid dienone is 1. The minimum atomic E-state index is -4.63. The third kappa shape index (κ3) is 5.07. The molecule has 0 radical (unpaired) electrons. The van der Waals surface area contributed by atoms with Gasteiger partial charge in [-0.1, -0.05) is 12.1 Å². The van der Waals surface area contributed by atoms with Crippen LogP contribution in [0.25, 0.3) is 0 Å². The van der Waals surface area contributed by atoms with Gasteiger partial charge in [0.25, 0.3) is 0 Å². The smallest absolute Gasteiger partial charge is 0.416 e. The lowest BCUT2D eigenvalue weighted by Crippen LogP contribution is -2.38. The molecule has 1 N–H and O–H groups in total. The van der Waals surface area contributed by atoms with E-state index in [1.807, 2.05) is 0 Å². The molecule has 0 saturated carbocycles. The number of aromatic nitrogens is 3. The fourth-order valence-corrected chi connectivity index (χ4v) is 4.68. The van der Waals surface area contributed by atoms with Gasteiger partial charge in [-0.15, -0.1) is 5.10 Å². The summed E-state index contributed by atoms with van der Waals surface area (Å²) in [4.78, 5) is 41.0. The second-order valence-corrected chi connectivity index (χ2v) is 9.19. The lowest BCUT2D eigenvalue weighted by molar-refractivity contribution is -0.138. The molecule has 2 aromatic carbocycles. The Morgan fingerprint density at radius 2 is 1.95 bits per heavy atom. The molecule has 0 aliphatic carbocycles. The SMILES string of the molecule is COC(=O)C1=C(C)N(c2cccc(C(F)(F)F)c2)c2n[nH]c(=O)n2[C@@H]1c1ccc(C#N)cc1CCN(C)C(C)=O. The van der Waals surface area contributed by atoms with Crippen LogP contribution in [0.5, 0.6) is 0 Å². The van der Waals surface area contributed by atoms with Gasteiger partial charge >= 0.3 is 17.8 Å². The number of benzene rings is 2. The maximum atomic E-state index is 13.5. The van der Waals surface area contributed by atoms with E-state index in [9.17, 15) is 32.8 Å². The number of nitrogens with zero attached hydrogens (tertiary/aromatic N) is 5. The normalized spacial score (nSPS) is 14.9. The van der Waals surface area contributed by atoms with Crippen molar-refractivity contribution in [1.82, 2.24) is 19.7 Å². The number of likely N-dealkylation sites (N-methyl/N-ethyl adjacent to an activating group) is 1. The van der Waals surface area contributed by atoms with Crippen molar-refractivity contribution in [2.45, 2.75) is 32.5 Å². The van der Waals surface area contributed by atoms with Gasteiger partial charge in [-0.2, -0.15) is 18.4 Å². The van der Waals surface area contributed by atoms with E-state index < -0.39 is 29.4 Å². The van der Waals surface area contributed by atoms with Gasteiger partial charge in [-0.3, -0.25) is 9.69 Å². The van der Waals surface area contributed by atoms with Crippen LogP contribution in [0.4, 0.5) is 24.8 Å². The highest BCUT2D eigenvalue weighted by atomic mass is 19.4. The number of halogens is 3. The summed E-state index contributed by atoms with van der Waals surface area (Å²) in [5, 5.41) is 15.9. The van der Waals surface area contributed by atoms with Crippen LogP contribution in [0.15, 0.2) is 58.5 Å². The zero-order chi connectivity index (χ0) is 29.4. The van der Waals surface area contributed by atoms with E-state index in [0.717, 1.165) is 19.2 Å². The van der Waals surface area contributed by atoms with Crippen molar-refractivity contribution in [3.8, 4) is 6.07 Å². The fraction of sp³-hybridized carbons (Fsp3) is 0.296. The number of esters is 1. The lowest BCUT2D eigenvalue weighted by Gasteiger charge is -2.36. The van der Waals surface area contributed by atoms with E-state index in [-0.39, 0.29) is 41.8 Å². The lowest BCUT2D eigenvalue weighted by atomic mass is 9.89. The Labute approximate surface area is 226 Å². The number of nitrogens with one attached hydrogen (secondary N) is 1. The fourth-order valence-electron chi connectivity index (χ4n) is 4.68. The maximum absolute atomic E-state index is 13.5. The van der Waals surface area contributed by atoms with E-state index >= 15 is 0 Å². The van der Waals surface area contributed by atoms with Crippen LogP contribution in [-0.4, -0.2) is 52.2 Å². The summed E-state index contributed by atoms with van der Waals surface area (Å²) in [7, 11) is 2.77. The van der Waals surface area contributed by atoms with Gasteiger partial charge in [0.15, 0.2) is 0 Å². The monoisotopic (exact) mass is 554 g/mol.